The second-order valence-electron chi connectivity index (χ2n) is 5.36. The average molecular weight is 375 g/mol. The first kappa shape index (κ1) is 19.7. The van der Waals surface area contributed by atoms with Crippen LogP contribution < -0.4 is 0 Å². The van der Waals surface area contributed by atoms with Gasteiger partial charge in [-0.25, -0.2) is 4.39 Å². The SMILES string of the molecule is CCOCCN(Cc1ccc(O)cc1F)C(=O)c1cc(C(F)(F)F)n[nH]1. The average Bonchev–Trinajstić information content (AvgIpc) is 3.06. The van der Waals surface area contributed by atoms with Crippen LogP contribution in [-0.2, 0) is 17.5 Å². The molecule has 0 saturated heterocycles. The summed E-state index contributed by atoms with van der Waals surface area (Å²) in [5.41, 5.74) is -1.49. The smallest absolute Gasteiger partial charge is 0.435 e. The van der Waals surface area contributed by atoms with Crippen LogP contribution in [-0.4, -0.2) is 45.9 Å². The normalized spacial score (nSPS) is 11.6. The number of rotatable bonds is 7. The molecule has 0 aliphatic rings. The molecular formula is C16H17F4N3O3. The Kier molecular flexibility index (Phi) is 6.19. The lowest BCUT2D eigenvalue weighted by molar-refractivity contribution is -0.141. The Bertz CT molecular complexity index is 761. The lowest BCUT2D eigenvalue weighted by Gasteiger charge is -2.22. The molecule has 10 heteroatoms. The molecule has 26 heavy (non-hydrogen) atoms. The van der Waals surface area contributed by atoms with Crippen molar-refractivity contribution in [2.75, 3.05) is 19.8 Å². The fourth-order valence-electron chi connectivity index (χ4n) is 2.19. The van der Waals surface area contributed by atoms with Crippen molar-refractivity contribution in [2.45, 2.75) is 19.6 Å². The number of aromatic nitrogens is 2. The highest BCUT2D eigenvalue weighted by Crippen LogP contribution is 2.28. The topological polar surface area (TPSA) is 78.5 Å². The highest BCUT2D eigenvalue weighted by molar-refractivity contribution is 5.92. The number of amides is 1. The molecule has 0 spiro atoms. The number of hydrogen-bond donors (Lipinski definition) is 2. The van der Waals surface area contributed by atoms with Gasteiger partial charge in [0.2, 0.25) is 0 Å². The number of alkyl halides is 3. The number of halogens is 4. The van der Waals surface area contributed by atoms with Crippen molar-refractivity contribution >= 4 is 5.91 Å². The second kappa shape index (κ2) is 8.17. The Morgan fingerprint density at radius 2 is 2.08 bits per heavy atom. The van der Waals surface area contributed by atoms with Gasteiger partial charge >= 0.3 is 6.18 Å². The number of phenolic OH excluding ortho intramolecular Hbond substituents is 1. The number of hydrogen-bond acceptors (Lipinski definition) is 4. The summed E-state index contributed by atoms with van der Waals surface area (Å²) >= 11 is 0. The van der Waals surface area contributed by atoms with Crippen molar-refractivity contribution in [1.82, 2.24) is 15.1 Å². The van der Waals surface area contributed by atoms with E-state index in [4.69, 9.17) is 4.74 Å². The molecule has 0 fully saturated rings. The minimum absolute atomic E-state index is 0.0351. The Balaban J connectivity index is 2.22. The molecule has 1 heterocycles. The molecule has 2 rings (SSSR count). The van der Waals surface area contributed by atoms with E-state index in [0.717, 1.165) is 11.0 Å². The Morgan fingerprint density at radius 3 is 2.65 bits per heavy atom. The quantitative estimate of drug-likeness (QED) is 0.576. The highest BCUT2D eigenvalue weighted by Gasteiger charge is 2.35. The second-order valence-corrected chi connectivity index (χ2v) is 5.36. The Morgan fingerprint density at radius 1 is 1.35 bits per heavy atom. The fraction of sp³-hybridized carbons (Fsp3) is 0.375. The van der Waals surface area contributed by atoms with Crippen LogP contribution in [0.4, 0.5) is 17.6 Å². The zero-order valence-corrected chi connectivity index (χ0v) is 13.8. The molecule has 0 saturated carbocycles. The van der Waals surface area contributed by atoms with Crippen LogP contribution in [0.1, 0.15) is 28.7 Å². The molecule has 1 aromatic heterocycles. The van der Waals surface area contributed by atoms with Crippen molar-refractivity contribution in [1.29, 1.82) is 0 Å². The van der Waals surface area contributed by atoms with E-state index >= 15 is 0 Å². The van der Waals surface area contributed by atoms with E-state index in [9.17, 15) is 27.5 Å². The summed E-state index contributed by atoms with van der Waals surface area (Å²) in [7, 11) is 0. The summed E-state index contributed by atoms with van der Waals surface area (Å²) in [5.74, 6) is -1.79. The van der Waals surface area contributed by atoms with Gasteiger partial charge in [-0.05, 0) is 13.0 Å². The van der Waals surface area contributed by atoms with Crippen LogP contribution in [0.2, 0.25) is 0 Å². The maximum atomic E-state index is 13.9. The van der Waals surface area contributed by atoms with E-state index in [1.807, 2.05) is 0 Å². The van der Waals surface area contributed by atoms with Crippen LogP contribution in [0.5, 0.6) is 5.75 Å². The molecule has 0 bridgehead atoms. The molecule has 0 atom stereocenters. The number of carbonyl (C=O) groups excluding carboxylic acids is 1. The van der Waals surface area contributed by atoms with Crippen LogP contribution in [0.15, 0.2) is 24.3 Å². The Hall–Kier alpha value is -2.62. The third-order valence-corrected chi connectivity index (χ3v) is 3.49. The largest absolute Gasteiger partial charge is 0.508 e. The van der Waals surface area contributed by atoms with E-state index in [1.165, 1.54) is 12.1 Å². The first-order valence-corrected chi connectivity index (χ1v) is 7.69. The van der Waals surface area contributed by atoms with Crippen LogP contribution in [0.25, 0.3) is 0 Å². The summed E-state index contributed by atoms with van der Waals surface area (Å²) in [6.07, 6.45) is -4.69. The lowest BCUT2D eigenvalue weighted by atomic mass is 10.1. The number of H-pyrrole nitrogens is 1. The summed E-state index contributed by atoms with van der Waals surface area (Å²) in [4.78, 5) is 13.7. The number of nitrogens with one attached hydrogen (secondary N) is 1. The molecular weight excluding hydrogens is 358 g/mol. The number of benzene rings is 1. The maximum absolute atomic E-state index is 13.9. The van der Waals surface area contributed by atoms with Crippen molar-refractivity contribution in [2.24, 2.45) is 0 Å². The number of ether oxygens (including phenoxy) is 1. The molecule has 2 N–H and O–H groups in total. The number of carbonyl (C=O) groups is 1. The van der Waals surface area contributed by atoms with Crippen molar-refractivity contribution in [3.63, 3.8) is 0 Å². The van der Waals surface area contributed by atoms with Gasteiger partial charge in [0.15, 0.2) is 5.69 Å². The molecule has 0 radical (unpaired) electrons. The summed E-state index contributed by atoms with van der Waals surface area (Å²) < 4.78 is 57.0. The van der Waals surface area contributed by atoms with Gasteiger partial charge in [-0.15, -0.1) is 0 Å². The minimum Gasteiger partial charge on any atom is -0.508 e. The molecule has 1 amide bonds. The monoisotopic (exact) mass is 375 g/mol. The van der Waals surface area contributed by atoms with E-state index in [2.05, 4.69) is 10.2 Å². The predicted octanol–water partition coefficient (Wildman–Crippen LogP) is 2.95. The molecule has 0 aliphatic carbocycles. The van der Waals surface area contributed by atoms with Gasteiger partial charge in [0.05, 0.1) is 6.61 Å². The van der Waals surface area contributed by atoms with E-state index in [1.54, 1.807) is 6.92 Å². The summed E-state index contributed by atoms with van der Waals surface area (Å²) in [5, 5.41) is 14.4. The standard InChI is InChI=1S/C16H17F4N3O3/c1-2-26-6-5-23(9-10-3-4-11(24)7-12(10)17)15(25)13-8-14(22-21-13)16(18,19)20/h3-4,7-8,24H,2,5-6,9H2,1H3,(H,21,22). The summed E-state index contributed by atoms with van der Waals surface area (Å²) in [6, 6.07) is 4.03. The number of aromatic hydroxyl groups is 1. The first-order valence-electron chi connectivity index (χ1n) is 7.69. The number of aromatic amines is 1. The van der Waals surface area contributed by atoms with Gasteiger partial charge in [0.25, 0.3) is 5.91 Å². The van der Waals surface area contributed by atoms with Gasteiger partial charge in [0, 0.05) is 37.4 Å². The van der Waals surface area contributed by atoms with Gasteiger partial charge in [-0.1, -0.05) is 6.07 Å². The molecule has 6 nitrogen and oxygen atoms in total. The van der Waals surface area contributed by atoms with E-state index in [-0.39, 0.29) is 36.7 Å². The van der Waals surface area contributed by atoms with E-state index < -0.39 is 23.6 Å². The van der Waals surface area contributed by atoms with Crippen LogP contribution in [0, 0.1) is 5.82 Å². The third kappa shape index (κ3) is 4.94. The zero-order valence-electron chi connectivity index (χ0n) is 13.8. The van der Waals surface area contributed by atoms with Gasteiger partial charge in [-0.3, -0.25) is 9.89 Å². The number of nitrogens with zero attached hydrogens (tertiary/aromatic N) is 2. The maximum Gasteiger partial charge on any atom is 0.435 e. The predicted molar refractivity (Wildman–Crippen MR) is 82.9 cm³/mol. The Labute approximate surface area is 146 Å². The van der Waals surface area contributed by atoms with Crippen molar-refractivity contribution in [3.05, 3.63) is 47.0 Å². The third-order valence-electron chi connectivity index (χ3n) is 3.49. The molecule has 142 valence electrons. The van der Waals surface area contributed by atoms with Gasteiger partial charge in [-0.2, -0.15) is 18.3 Å². The van der Waals surface area contributed by atoms with Crippen LogP contribution in [0.3, 0.4) is 0 Å². The molecule has 2 aromatic rings. The first-order chi connectivity index (χ1) is 12.2. The molecule has 0 unspecified atom stereocenters. The highest BCUT2D eigenvalue weighted by atomic mass is 19.4. The minimum atomic E-state index is -4.69. The number of phenols is 1. The van der Waals surface area contributed by atoms with Crippen molar-refractivity contribution in [3.8, 4) is 5.75 Å². The lowest BCUT2D eigenvalue weighted by Crippen LogP contribution is -2.34. The van der Waals surface area contributed by atoms with Gasteiger partial charge < -0.3 is 14.7 Å². The molecule has 0 aliphatic heterocycles. The van der Waals surface area contributed by atoms with Crippen molar-refractivity contribution < 1.29 is 32.2 Å². The van der Waals surface area contributed by atoms with E-state index in [0.29, 0.717) is 12.7 Å². The zero-order chi connectivity index (χ0) is 19.3. The fourth-order valence-corrected chi connectivity index (χ4v) is 2.19. The summed E-state index contributed by atoms with van der Waals surface area (Å²) in [6.45, 7) is 2.09. The molecule has 1 aromatic carbocycles. The van der Waals surface area contributed by atoms with Crippen LogP contribution >= 0.6 is 0 Å². The van der Waals surface area contributed by atoms with Gasteiger partial charge in [0.1, 0.15) is 17.3 Å².